The molecule has 26 heavy (non-hydrogen) atoms. The monoisotopic (exact) mass is 379 g/mol. The highest BCUT2D eigenvalue weighted by Crippen LogP contribution is 2.38. The number of thiophene rings is 1. The van der Waals surface area contributed by atoms with Crippen LogP contribution in [-0.2, 0) is 0 Å². The second kappa shape index (κ2) is 6.71. The van der Waals surface area contributed by atoms with Crippen LogP contribution in [0.1, 0.15) is 16.7 Å². The molecule has 4 rings (SSSR count). The Hall–Kier alpha value is -2.43. The summed E-state index contributed by atoms with van der Waals surface area (Å²) < 4.78 is 0. The summed E-state index contributed by atoms with van der Waals surface area (Å²) in [4.78, 5) is 9.94. The van der Waals surface area contributed by atoms with Gasteiger partial charge in [-0.2, -0.15) is 0 Å². The largest absolute Gasteiger partial charge is 0.339 e. The number of fused-ring (bicyclic) bond motifs is 1. The second-order valence-electron chi connectivity index (χ2n) is 6.44. The van der Waals surface area contributed by atoms with Crippen molar-refractivity contribution < 1.29 is 0 Å². The Bertz CT molecular complexity index is 1120. The van der Waals surface area contributed by atoms with Crippen LogP contribution in [0.5, 0.6) is 0 Å². The van der Waals surface area contributed by atoms with Crippen molar-refractivity contribution in [2.45, 2.75) is 20.8 Å². The molecule has 0 spiro atoms. The fraction of sp³-hybridized carbons (Fsp3) is 0.143. The van der Waals surface area contributed by atoms with E-state index in [4.69, 9.17) is 11.6 Å². The van der Waals surface area contributed by atoms with Gasteiger partial charge in [0.2, 0.25) is 0 Å². The summed E-state index contributed by atoms with van der Waals surface area (Å²) in [5.74, 6) is 0.815. The van der Waals surface area contributed by atoms with Gasteiger partial charge >= 0.3 is 0 Å². The number of anilines is 2. The zero-order chi connectivity index (χ0) is 18.3. The minimum absolute atomic E-state index is 0.729. The lowest BCUT2D eigenvalue weighted by Gasteiger charge is -2.11. The smallest absolute Gasteiger partial charge is 0.143 e. The number of nitrogens with one attached hydrogen (secondary N) is 1. The van der Waals surface area contributed by atoms with Gasteiger partial charge in [-0.25, -0.2) is 9.97 Å². The van der Waals surface area contributed by atoms with Gasteiger partial charge in [0.05, 0.1) is 5.39 Å². The molecular weight excluding hydrogens is 362 g/mol. The fourth-order valence-electron chi connectivity index (χ4n) is 2.99. The highest BCUT2D eigenvalue weighted by Gasteiger charge is 2.14. The quantitative estimate of drug-likeness (QED) is 0.431. The van der Waals surface area contributed by atoms with E-state index < -0.39 is 0 Å². The SMILES string of the molecule is Cc1ccc(-c2csc3ncnc(Nc4ccc(Cl)cc4C)c23)cc1C. The molecule has 1 N–H and O–H groups in total. The minimum atomic E-state index is 0.729. The lowest BCUT2D eigenvalue weighted by atomic mass is 10.0. The molecule has 4 aromatic rings. The Labute approximate surface area is 161 Å². The minimum Gasteiger partial charge on any atom is -0.339 e. The van der Waals surface area contributed by atoms with Gasteiger partial charge in [0.1, 0.15) is 17.0 Å². The van der Waals surface area contributed by atoms with Crippen LogP contribution >= 0.6 is 22.9 Å². The van der Waals surface area contributed by atoms with Crippen molar-refractivity contribution in [3.63, 3.8) is 0 Å². The van der Waals surface area contributed by atoms with Crippen LogP contribution in [0.15, 0.2) is 48.1 Å². The van der Waals surface area contributed by atoms with E-state index in [2.05, 4.69) is 52.7 Å². The molecule has 2 aromatic heterocycles. The predicted molar refractivity (Wildman–Crippen MR) is 112 cm³/mol. The third-order valence-corrected chi connectivity index (χ3v) is 5.75. The van der Waals surface area contributed by atoms with Crippen molar-refractivity contribution in [2.75, 3.05) is 5.32 Å². The summed E-state index contributed by atoms with van der Waals surface area (Å²) in [7, 11) is 0. The molecule has 0 radical (unpaired) electrons. The standard InChI is InChI=1S/C21H18ClN3S/c1-12-4-5-15(8-13(12)2)17-10-26-21-19(17)20(23-11-24-21)25-18-7-6-16(22)9-14(18)3/h4-11H,1-3H3,(H,23,24,25). The van der Waals surface area contributed by atoms with Crippen LogP contribution in [0.4, 0.5) is 11.5 Å². The molecule has 3 nitrogen and oxygen atoms in total. The van der Waals surface area contributed by atoms with E-state index >= 15 is 0 Å². The summed E-state index contributed by atoms with van der Waals surface area (Å²) in [6, 6.07) is 12.4. The van der Waals surface area contributed by atoms with E-state index in [-0.39, 0.29) is 0 Å². The third-order valence-electron chi connectivity index (χ3n) is 4.63. The molecule has 2 heterocycles. The van der Waals surface area contributed by atoms with Gasteiger partial charge in [-0.05, 0) is 61.2 Å². The Morgan fingerprint density at radius 1 is 0.923 bits per heavy atom. The summed E-state index contributed by atoms with van der Waals surface area (Å²) >= 11 is 7.72. The normalized spacial score (nSPS) is 11.1. The molecule has 2 aromatic carbocycles. The highest BCUT2D eigenvalue weighted by molar-refractivity contribution is 7.17. The van der Waals surface area contributed by atoms with Gasteiger partial charge in [0.15, 0.2) is 0 Å². The number of benzene rings is 2. The molecule has 0 aliphatic heterocycles. The fourth-order valence-corrected chi connectivity index (χ4v) is 4.13. The van der Waals surface area contributed by atoms with E-state index in [1.807, 2.05) is 25.1 Å². The first-order valence-electron chi connectivity index (χ1n) is 8.36. The molecule has 0 bridgehead atoms. The number of aryl methyl sites for hydroxylation is 3. The lowest BCUT2D eigenvalue weighted by molar-refractivity contribution is 1.23. The van der Waals surface area contributed by atoms with E-state index in [0.717, 1.165) is 37.9 Å². The maximum absolute atomic E-state index is 6.08. The molecule has 0 aliphatic rings. The summed E-state index contributed by atoms with van der Waals surface area (Å²) in [6.07, 6.45) is 1.61. The molecular formula is C21H18ClN3S. The van der Waals surface area contributed by atoms with Crippen LogP contribution in [0.2, 0.25) is 5.02 Å². The third kappa shape index (κ3) is 3.06. The molecule has 0 aliphatic carbocycles. The van der Waals surface area contributed by atoms with Crippen LogP contribution < -0.4 is 5.32 Å². The van der Waals surface area contributed by atoms with Gasteiger partial charge in [-0.15, -0.1) is 11.3 Å². The Morgan fingerprint density at radius 2 is 1.77 bits per heavy atom. The van der Waals surface area contributed by atoms with Gasteiger partial charge in [-0.3, -0.25) is 0 Å². The van der Waals surface area contributed by atoms with Crippen LogP contribution in [0, 0.1) is 20.8 Å². The van der Waals surface area contributed by atoms with E-state index in [1.165, 1.54) is 16.7 Å². The molecule has 5 heteroatoms. The number of nitrogens with zero attached hydrogens (tertiary/aromatic N) is 2. The Kier molecular flexibility index (Phi) is 4.39. The summed E-state index contributed by atoms with van der Waals surface area (Å²) in [5, 5.41) is 7.40. The number of aromatic nitrogens is 2. The van der Waals surface area contributed by atoms with Crippen molar-refractivity contribution in [3.05, 3.63) is 69.8 Å². The number of halogens is 1. The average Bonchev–Trinajstić information content (AvgIpc) is 3.05. The van der Waals surface area contributed by atoms with Crippen molar-refractivity contribution in [3.8, 4) is 11.1 Å². The number of rotatable bonds is 3. The van der Waals surface area contributed by atoms with Gasteiger partial charge in [0, 0.05) is 21.7 Å². The lowest BCUT2D eigenvalue weighted by Crippen LogP contribution is -1.97. The Morgan fingerprint density at radius 3 is 2.54 bits per heavy atom. The van der Waals surface area contributed by atoms with Gasteiger partial charge in [0.25, 0.3) is 0 Å². The van der Waals surface area contributed by atoms with Crippen LogP contribution in [-0.4, -0.2) is 9.97 Å². The molecule has 0 fully saturated rings. The molecule has 0 atom stereocenters. The second-order valence-corrected chi connectivity index (χ2v) is 7.73. The maximum Gasteiger partial charge on any atom is 0.143 e. The molecule has 0 saturated carbocycles. The van der Waals surface area contributed by atoms with Crippen molar-refractivity contribution in [1.29, 1.82) is 0 Å². The number of hydrogen-bond acceptors (Lipinski definition) is 4. The van der Waals surface area contributed by atoms with Crippen LogP contribution in [0.3, 0.4) is 0 Å². The summed E-state index contributed by atoms with van der Waals surface area (Å²) in [6.45, 7) is 6.30. The first kappa shape index (κ1) is 17.0. The van der Waals surface area contributed by atoms with Crippen LogP contribution in [0.25, 0.3) is 21.3 Å². The first-order valence-corrected chi connectivity index (χ1v) is 9.61. The van der Waals surface area contributed by atoms with Crippen molar-refractivity contribution in [1.82, 2.24) is 9.97 Å². The Balaban J connectivity index is 1.85. The zero-order valence-electron chi connectivity index (χ0n) is 14.8. The van der Waals surface area contributed by atoms with Gasteiger partial charge in [-0.1, -0.05) is 29.8 Å². The topological polar surface area (TPSA) is 37.8 Å². The van der Waals surface area contributed by atoms with Gasteiger partial charge < -0.3 is 5.32 Å². The van der Waals surface area contributed by atoms with E-state index in [0.29, 0.717) is 0 Å². The molecule has 130 valence electrons. The van der Waals surface area contributed by atoms with Crippen molar-refractivity contribution >= 4 is 44.7 Å². The zero-order valence-corrected chi connectivity index (χ0v) is 16.4. The average molecular weight is 380 g/mol. The van der Waals surface area contributed by atoms with Crippen molar-refractivity contribution in [2.24, 2.45) is 0 Å². The predicted octanol–water partition coefficient (Wildman–Crippen LogP) is 6.68. The molecule has 0 saturated heterocycles. The maximum atomic E-state index is 6.08. The van der Waals surface area contributed by atoms with E-state index in [1.54, 1.807) is 17.7 Å². The molecule has 0 amide bonds. The van der Waals surface area contributed by atoms with E-state index in [9.17, 15) is 0 Å². The molecule has 0 unspecified atom stereocenters. The first-order chi connectivity index (χ1) is 12.5. The highest BCUT2D eigenvalue weighted by atomic mass is 35.5. The summed E-state index contributed by atoms with van der Waals surface area (Å²) in [5.41, 5.74) is 6.98. The number of hydrogen-bond donors (Lipinski definition) is 1.